The van der Waals surface area contributed by atoms with Gasteiger partial charge in [0.1, 0.15) is 5.82 Å². The van der Waals surface area contributed by atoms with E-state index in [4.69, 9.17) is 5.73 Å². The van der Waals surface area contributed by atoms with Gasteiger partial charge >= 0.3 is 0 Å². The van der Waals surface area contributed by atoms with Crippen LogP contribution in [-0.4, -0.2) is 16.3 Å². The molecule has 0 aliphatic rings. The highest BCUT2D eigenvalue weighted by Gasteiger charge is 2.03. The Bertz CT molecular complexity index is 496. The maximum absolute atomic E-state index is 13.3. The average Bonchev–Trinajstić information content (AvgIpc) is 2.64. The lowest BCUT2D eigenvalue weighted by atomic mass is 10.1. The molecule has 0 amide bonds. The third kappa shape index (κ3) is 2.48. The van der Waals surface area contributed by atoms with Crippen molar-refractivity contribution in [1.29, 1.82) is 0 Å². The molecule has 0 saturated heterocycles. The first-order chi connectivity index (χ1) is 7.69. The van der Waals surface area contributed by atoms with Gasteiger partial charge in [0.25, 0.3) is 0 Å². The van der Waals surface area contributed by atoms with E-state index in [0.717, 1.165) is 10.0 Å². The largest absolute Gasteiger partial charge is 0.330 e. The van der Waals surface area contributed by atoms with Gasteiger partial charge in [-0.15, -0.1) is 0 Å². The molecular weight excluding hydrogens is 273 g/mol. The van der Waals surface area contributed by atoms with Crippen LogP contribution >= 0.6 is 15.9 Å². The minimum atomic E-state index is -0.271. The van der Waals surface area contributed by atoms with Crippen molar-refractivity contribution in [1.82, 2.24) is 9.78 Å². The molecule has 0 atom stereocenters. The van der Waals surface area contributed by atoms with E-state index < -0.39 is 0 Å². The summed E-state index contributed by atoms with van der Waals surface area (Å²) in [5, 5.41) is 4.10. The summed E-state index contributed by atoms with van der Waals surface area (Å²) < 4.78 is 15.8. The van der Waals surface area contributed by atoms with E-state index in [1.54, 1.807) is 17.1 Å². The normalized spacial score (nSPS) is 10.7. The maximum atomic E-state index is 13.3. The number of rotatable bonds is 3. The van der Waals surface area contributed by atoms with Crippen molar-refractivity contribution in [2.75, 3.05) is 6.54 Å². The molecule has 5 heteroatoms. The van der Waals surface area contributed by atoms with Gasteiger partial charge in [0.15, 0.2) is 0 Å². The quantitative estimate of drug-likeness (QED) is 0.939. The van der Waals surface area contributed by atoms with Crippen LogP contribution in [0.5, 0.6) is 0 Å². The van der Waals surface area contributed by atoms with Crippen molar-refractivity contribution < 1.29 is 4.39 Å². The Morgan fingerprint density at radius 1 is 1.38 bits per heavy atom. The summed E-state index contributed by atoms with van der Waals surface area (Å²) in [4.78, 5) is 0. The van der Waals surface area contributed by atoms with Crippen LogP contribution < -0.4 is 5.73 Å². The van der Waals surface area contributed by atoms with Crippen LogP contribution in [0.25, 0.3) is 5.69 Å². The number of hydrogen-bond donors (Lipinski definition) is 1. The second-order valence-electron chi connectivity index (χ2n) is 3.46. The summed E-state index contributed by atoms with van der Waals surface area (Å²) >= 11 is 3.30. The summed E-state index contributed by atoms with van der Waals surface area (Å²) in [5.41, 5.74) is 7.03. The molecule has 2 N–H and O–H groups in total. The molecule has 16 heavy (non-hydrogen) atoms. The second kappa shape index (κ2) is 4.76. The third-order valence-electron chi connectivity index (χ3n) is 2.19. The Morgan fingerprint density at radius 3 is 2.81 bits per heavy atom. The molecule has 3 nitrogen and oxygen atoms in total. The molecule has 0 spiro atoms. The average molecular weight is 284 g/mol. The molecule has 0 saturated carbocycles. The van der Waals surface area contributed by atoms with E-state index in [1.807, 2.05) is 6.07 Å². The number of benzene rings is 1. The molecule has 1 aromatic heterocycles. The molecular formula is C11H11BrFN3. The summed E-state index contributed by atoms with van der Waals surface area (Å²) in [6, 6.07) is 4.82. The Morgan fingerprint density at radius 2 is 2.19 bits per heavy atom. The van der Waals surface area contributed by atoms with E-state index in [0.29, 0.717) is 18.7 Å². The van der Waals surface area contributed by atoms with E-state index in [1.165, 1.54) is 12.1 Å². The summed E-state index contributed by atoms with van der Waals surface area (Å²) in [6.07, 6.45) is 4.10. The van der Waals surface area contributed by atoms with Crippen LogP contribution in [0.3, 0.4) is 0 Å². The summed E-state index contributed by atoms with van der Waals surface area (Å²) in [7, 11) is 0. The van der Waals surface area contributed by atoms with Crippen LogP contribution in [0.15, 0.2) is 35.1 Å². The number of hydrogen-bond acceptors (Lipinski definition) is 2. The first kappa shape index (κ1) is 11.3. The van der Waals surface area contributed by atoms with Crippen LogP contribution in [0.4, 0.5) is 4.39 Å². The van der Waals surface area contributed by atoms with Gasteiger partial charge in [-0.25, -0.2) is 9.07 Å². The maximum Gasteiger partial charge on any atom is 0.125 e. The topological polar surface area (TPSA) is 43.8 Å². The summed E-state index contributed by atoms with van der Waals surface area (Å²) in [6.45, 7) is 0.506. The SMILES string of the molecule is NCCc1cc(F)cc(-n2cc(Br)cn2)c1. The minimum Gasteiger partial charge on any atom is -0.330 e. The molecule has 0 radical (unpaired) electrons. The summed E-state index contributed by atoms with van der Waals surface area (Å²) in [5.74, 6) is -0.271. The van der Waals surface area contributed by atoms with Gasteiger partial charge in [0, 0.05) is 6.20 Å². The second-order valence-corrected chi connectivity index (χ2v) is 4.38. The van der Waals surface area contributed by atoms with Crippen molar-refractivity contribution in [2.45, 2.75) is 6.42 Å². The van der Waals surface area contributed by atoms with Gasteiger partial charge in [-0.3, -0.25) is 0 Å². The molecule has 0 aliphatic carbocycles. The molecule has 84 valence electrons. The third-order valence-corrected chi connectivity index (χ3v) is 2.60. The van der Waals surface area contributed by atoms with Crippen molar-refractivity contribution in [3.8, 4) is 5.69 Å². The fraction of sp³-hybridized carbons (Fsp3) is 0.182. The molecule has 1 aromatic carbocycles. The molecule has 1 heterocycles. The zero-order valence-corrected chi connectivity index (χ0v) is 10.1. The Balaban J connectivity index is 2.40. The van der Waals surface area contributed by atoms with E-state index >= 15 is 0 Å². The Labute approximate surface area is 101 Å². The van der Waals surface area contributed by atoms with Gasteiger partial charge in [-0.1, -0.05) is 0 Å². The first-order valence-electron chi connectivity index (χ1n) is 4.89. The monoisotopic (exact) mass is 283 g/mol. The van der Waals surface area contributed by atoms with Crippen LogP contribution in [0.1, 0.15) is 5.56 Å². The van der Waals surface area contributed by atoms with Gasteiger partial charge in [-0.2, -0.15) is 5.10 Å². The van der Waals surface area contributed by atoms with E-state index in [2.05, 4.69) is 21.0 Å². The molecule has 2 aromatic rings. The van der Waals surface area contributed by atoms with Gasteiger partial charge in [0.05, 0.1) is 16.4 Å². The fourth-order valence-electron chi connectivity index (χ4n) is 1.52. The molecule has 0 fully saturated rings. The fourth-order valence-corrected chi connectivity index (χ4v) is 1.80. The molecule has 0 aliphatic heterocycles. The standard InChI is InChI=1S/C11H11BrFN3/c12-9-6-15-16(7-9)11-4-8(1-2-14)3-10(13)5-11/h3-7H,1-2,14H2. The van der Waals surface area contributed by atoms with Gasteiger partial charge in [-0.05, 0) is 52.7 Å². The van der Waals surface area contributed by atoms with Crippen molar-refractivity contribution in [2.24, 2.45) is 5.73 Å². The molecule has 2 rings (SSSR count). The smallest absolute Gasteiger partial charge is 0.125 e. The van der Waals surface area contributed by atoms with Crippen molar-refractivity contribution in [3.63, 3.8) is 0 Å². The minimum absolute atomic E-state index is 0.271. The Kier molecular flexibility index (Phi) is 3.36. The number of nitrogens with zero attached hydrogens (tertiary/aromatic N) is 2. The van der Waals surface area contributed by atoms with E-state index in [-0.39, 0.29) is 5.82 Å². The zero-order chi connectivity index (χ0) is 11.5. The highest BCUT2D eigenvalue weighted by atomic mass is 79.9. The highest BCUT2D eigenvalue weighted by Crippen LogP contribution is 2.16. The lowest BCUT2D eigenvalue weighted by molar-refractivity contribution is 0.622. The van der Waals surface area contributed by atoms with Gasteiger partial charge < -0.3 is 5.73 Å². The van der Waals surface area contributed by atoms with Crippen molar-refractivity contribution >= 4 is 15.9 Å². The first-order valence-corrected chi connectivity index (χ1v) is 5.68. The van der Waals surface area contributed by atoms with Gasteiger partial charge in [0.2, 0.25) is 0 Å². The predicted molar refractivity (Wildman–Crippen MR) is 64.0 cm³/mol. The van der Waals surface area contributed by atoms with Crippen LogP contribution in [0.2, 0.25) is 0 Å². The van der Waals surface area contributed by atoms with Crippen molar-refractivity contribution in [3.05, 3.63) is 46.4 Å². The lowest BCUT2D eigenvalue weighted by Crippen LogP contribution is -2.04. The number of aromatic nitrogens is 2. The van der Waals surface area contributed by atoms with Crippen LogP contribution in [-0.2, 0) is 6.42 Å². The highest BCUT2D eigenvalue weighted by molar-refractivity contribution is 9.10. The molecule has 0 bridgehead atoms. The van der Waals surface area contributed by atoms with E-state index in [9.17, 15) is 4.39 Å². The predicted octanol–water partition coefficient (Wildman–Crippen LogP) is 2.28. The zero-order valence-electron chi connectivity index (χ0n) is 8.53. The molecule has 0 unspecified atom stereocenters. The Hall–Kier alpha value is -1.20. The number of halogens is 2. The lowest BCUT2D eigenvalue weighted by Gasteiger charge is -2.05. The van der Waals surface area contributed by atoms with Crippen LogP contribution in [0, 0.1) is 5.82 Å². The number of nitrogens with two attached hydrogens (primary N) is 1.